The fourth-order valence-electron chi connectivity index (χ4n) is 5.17. The number of aryl methyl sites for hydroxylation is 1. The molecule has 2 aromatic heterocycles. The number of amides is 1. The summed E-state index contributed by atoms with van der Waals surface area (Å²) in [4.78, 5) is 17.5. The van der Waals surface area contributed by atoms with Crippen LogP contribution in [0.4, 0.5) is 5.13 Å². The Balaban J connectivity index is 1.26. The molecule has 0 radical (unpaired) electrons. The second kappa shape index (κ2) is 9.75. The SMILES string of the molecule is Cc1cc2occ(CC(=O)Nc3nc(-c4ccc(C5CCCCC5)cc4)cs3)c2cc1C(C)C. The van der Waals surface area contributed by atoms with Crippen LogP contribution < -0.4 is 5.32 Å². The van der Waals surface area contributed by atoms with Gasteiger partial charge in [0.1, 0.15) is 5.58 Å². The summed E-state index contributed by atoms with van der Waals surface area (Å²) in [5.41, 5.74) is 7.68. The molecule has 0 unspecified atom stereocenters. The van der Waals surface area contributed by atoms with E-state index in [9.17, 15) is 4.79 Å². The smallest absolute Gasteiger partial charge is 0.230 e. The van der Waals surface area contributed by atoms with E-state index in [0.29, 0.717) is 17.0 Å². The van der Waals surface area contributed by atoms with Crippen LogP contribution >= 0.6 is 11.3 Å². The molecule has 5 rings (SSSR count). The summed E-state index contributed by atoms with van der Waals surface area (Å²) in [6.07, 6.45) is 8.63. The van der Waals surface area contributed by atoms with Crippen molar-refractivity contribution in [3.8, 4) is 11.3 Å². The van der Waals surface area contributed by atoms with Crippen molar-refractivity contribution in [1.29, 1.82) is 0 Å². The number of carbonyl (C=O) groups is 1. The van der Waals surface area contributed by atoms with Gasteiger partial charge in [-0.3, -0.25) is 4.79 Å². The van der Waals surface area contributed by atoms with Crippen molar-refractivity contribution >= 4 is 33.3 Å². The van der Waals surface area contributed by atoms with E-state index < -0.39 is 0 Å². The van der Waals surface area contributed by atoms with Crippen LogP contribution in [-0.4, -0.2) is 10.9 Å². The third-order valence-electron chi connectivity index (χ3n) is 7.05. The predicted octanol–water partition coefficient (Wildman–Crippen LogP) is 8.22. The van der Waals surface area contributed by atoms with E-state index in [0.717, 1.165) is 27.8 Å². The van der Waals surface area contributed by atoms with Gasteiger partial charge in [-0.15, -0.1) is 11.3 Å². The van der Waals surface area contributed by atoms with E-state index in [4.69, 9.17) is 4.42 Å². The number of hydrogen-bond acceptors (Lipinski definition) is 4. The van der Waals surface area contributed by atoms with Crippen molar-refractivity contribution in [3.05, 3.63) is 70.3 Å². The van der Waals surface area contributed by atoms with Crippen molar-refractivity contribution in [3.63, 3.8) is 0 Å². The number of thiazole rings is 1. The molecule has 0 spiro atoms. The lowest BCUT2D eigenvalue weighted by atomic mass is 9.84. The molecule has 176 valence electrons. The van der Waals surface area contributed by atoms with E-state index in [1.807, 2.05) is 5.38 Å². The molecule has 0 atom stereocenters. The first kappa shape index (κ1) is 22.9. The average Bonchev–Trinajstić information content (AvgIpc) is 3.46. The summed E-state index contributed by atoms with van der Waals surface area (Å²) in [5, 5.41) is 6.63. The molecule has 0 bridgehead atoms. The standard InChI is InChI=1S/C29H32N2O2S/c1-18(2)24-15-25-23(16-33-27(25)13-19(24)3)14-28(32)31-29-30-26(17-34-29)22-11-9-21(10-12-22)20-7-5-4-6-8-20/h9-13,15-18,20H,4-8,14H2,1-3H3,(H,30,31,32). The molecule has 4 aromatic rings. The summed E-state index contributed by atoms with van der Waals surface area (Å²) in [5.74, 6) is 1.04. The van der Waals surface area contributed by atoms with Crippen LogP contribution in [0.5, 0.6) is 0 Å². The Hall–Kier alpha value is -2.92. The van der Waals surface area contributed by atoms with Crippen LogP contribution in [0.25, 0.3) is 22.2 Å². The molecule has 5 heteroatoms. The highest BCUT2D eigenvalue weighted by atomic mass is 32.1. The molecule has 34 heavy (non-hydrogen) atoms. The fourth-order valence-corrected chi connectivity index (χ4v) is 5.90. The molecule has 0 saturated heterocycles. The minimum Gasteiger partial charge on any atom is -0.464 e. The first-order chi connectivity index (χ1) is 16.5. The lowest BCUT2D eigenvalue weighted by Crippen LogP contribution is -2.14. The van der Waals surface area contributed by atoms with Crippen LogP contribution in [0.15, 0.2) is 52.5 Å². The number of nitrogens with one attached hydrogen (secondary N) is 1. The number of fused-ring (bicyclic) bond motifs is 1. The van der Waals surface area contributed by atoms with E-state index in [2.05, 4.69) is 67.5 Å². The molecule has 1 saturated carbocycles. The van der Waals surface area contributed by atoms with Crippen molar-refractivity contribution in [2.45, 2.75) is 71.1 Å². The van der Waals surface area contributed by atoms with E-state index in [1.54, 1.807) is 6.26 Å². The second-order valence-electron chi connectivity index (χ2n) is 9.84. The first-order valence-corrected chi connectivity index (χ1v) is 13.2. The minimum absolute atomic E-state index is 0.0806. The molecule has 1 amide bonds. The van der Waals surface area contributed by atoms with Crippen LogP contribution in [0.2, 0.25) is 0 Å². The van der Waals surface area contributed by atoms with E-state index >= 15 is 0 Å². The van der Waals surface area contributed by atoms with Gasteiger partial charge < -0.3 is 9.73 Å². The van der Waals surface area contributed by atoms with E-state index in [1.165, 1.54) is 60.1 Å². The quantitative estimate of drug-likeness (QED) is 0.307. The van der Waals surface area contributed by atoms with Gasteiger partial charge in [-0.1, -0.05) is 57.4 Å². The van der Waals surface area contributed by atoms with Crippen molar-refractivity contribution in [2.24, 2.45) is 0 Å². The number of anilines is 1. The fraction of sp³-hybridized carbons (Fsp3) is 0.379. The molecule has 4 nitrogen and oxygen atoms in total. The van der Waals surface area contributed by atoms with Gasteiger partial charge in [0.15, 0.2) is 5.13 Å². The zero-order valence-corrected chi connectivity index (χ0v) is 21.0. The maximum absolute atomic E-state index is 12.8. The van der Waals surface area contributed by atoms with Gasteiger partial charge in [-0.25, -0.2) is 4.98 Å². The highest BCUT2D eigenvalue weighted by Crippen LogP contribution is 2.34. The van der Waals surface area contributed by atoms with Crippen molar-refractivity contribution in [1.82, 2.24) is 4.98 Å². The number of carbonyl (C=O) groups excluding carboxylic acids is 1. The Morgan fingerprint density at radius 1 is 1.15 bits per heavy atom. The minimum atomic E-state index is -0.0806. The van der Waals surface area contributed by atoms with Gasteiger partial charge >= 0.3 is 0 Å². The summed E-state index contributed by atoms with van der Waals surface area (Å²) >= 11 is 1.46. The molecule has 2 heterocycles. The Labute approximate surface area is 205 Å². The molecule has 1 aliphatic rings. The molecule has 1 aliphatic carbocycles. The number of benzene rings is 2. The number of hydrogen-bond donors (Lipinski definition) is 1. The topological polar surface area (TPSA) is 55.1 Å². The maximum atomic E-state index is 12.8. The highest BCUT2D eigenvalue weighted by molar-refractivity contribution is 7.14. The monoisotopic (exact) mass is 472 g/mol. The summed E-state index contributed by atoms with van der Waals surface area (Å²) in [6, 6.07) is 13.1. The molecule has 2 aromatic carbocycles. The third-order valence-corrected chi connectivity index (χ3v) is 7.81. The number of nitrogens with zero attached hydrogens (tertiary/aromatic N) is 1. The Kier molecular flexibility index (Phi) is 6.55. The molecular formula is C29H32N2O2S. The third kappa shape index (κ3) is 4.80. The van der Waals surface area contributed by atoms with Crippen molar-refractivity contribution in [2.75, 3.05) is 5.32 Å². The van der Waals surface area contributed by atoms with Gasteiger partial charge in [0.25, 0.3) is 0 Å². The van der Waals surface area contributed by atoms with E-state index in [-0.39, 0.29) is 12.3 Å². The summed E-state index contributed by atoms with van der Waals surface area (Å²) in [6.45, 7) is 6.47. The van der Waals surface area contributed by atoms with Gasteiger partial charge in [0, 0.05) is 21.9 Å². The van der Waals surface area contributed by atoms with Gasteiger partial charge in [-0.05, 0) is 60.4 Å². The lowest BCUT2D eigenvalue weighted by molar-refractivity contribution is -0.115. The number of rotatable bonds is 6. The Morgan fingerprint density at radius 2 is 1.91 bits per heavy atom. The molecule has 0 aliphatic heterocycles. The van der Waals surface area contributed by atoms with Gasteiger partial charge in [0.05, 0.1) is 18.4 Å². The van der Waals surface area contributed by atoms with Gasteiger partial charge in [0.2, 0.25) is 5.91 Å². The second-order valence-corrected chi connectivity index (χ2v) is 10.7. The van der Waals surface area contributed by atoms with Crippen LogP contribution in [0.3, 0.4) is 0 Å². The van der Waals surface area contributed by atoms with Crippen LogP contribution in [0, 0.1) is 6.92 Å². The highest BCUT2D eigenvalue weighted by Gasteiger charge is 2.17. The van der Waals surface area contributed by atoms with Gasteiger partial charge in [-0.2, -0.15) is 0 Å². The molecular weight excluding hydrogens is 440 g/mol. The number of aromatic nitrogens is 1. The lowest BCUT2D eigenvalue weighted by Gasteiger charge is -2.22. The zero-order valence-electron chi connectivity index (χ0n) is 20.2. The largest absolute Gasteiger partial charge is 0.464 e. The van der Waals surface area contributed by atoms with Crippen LogP contribution in [-0.2, 0) is 11.2 Å². The predicted molar refractivity (Wildman–Crippen MR) is 141 cm³/mol. The summed E-state index contributed by atoms with van der Waals surface area (Å²) in [7, 11) is 0. The first-order valence-electron chi connectivity index (χ1n) is 12.3. The Morgan fingerprint density at radius 3 is 2.65 bits per heavy atom. The zero-order chi connectivity index (χ0) is 23.7. The maximum Gasteiger partial charge on any atom is 0.230 e. The average molecular weight is 473 g/mol. The molecule has 1 N–H and O–H groups in total. The molecule has 1 fully saturated rings. The normalized spacial score (nSPS) is 14.7. The summed E-state index contributed by atoms with van der Waals surface area (Å²) < 4.78 is 5.74. The Bertz CT molecular complexity index is 1290. The van der Waals surface area contributed by atoms with Crippen LogP contribution in [0.1, 0.15) is 80.0 Å². The van der Waals surface area contributed by atoms with Crippen molar-refractivity contribution < 1.29 is 9.21 Å². The number of furan rings is 1.